The SMILES string of the molecule is Cc1csc(=O)n1CCC(=O)N(C)CC(=O)Nc1ccccc1Cl. The maximum atomic E-state index is 12.1. The number of carbonyl (C=O) groups is 2. The van der Waals surface area contributed by atoms with E-state index in [0.29, 0.717) is 17.3 Å². The molecule has 0 saturated carbocycles. The lowest BCUT2D eigenvalue weighted by molar-refractivity contribution is -0.133. The average molecular weight is 368 g/mol. The van der Waals surface area contributed by atoms with E-state index in [0.717, 1.165) is 17.0 Å². The molecule has 0 saturated heterocycles. The standard InChI is InChI=1S/C16H18ClN3O3S/c1-11-10-24-16(23)20(11)8-7-15(22)19(2)9-14(21)18-13-6-4-3-5-12(13)17/h3-6,10H,7-9H2,1-2H3,(H,18,21). The Labute approximate surface area is 148 Å². The number of nitrogens with zero attached hydrogens (tertiary/aromatic N) is 2. The number of halogens is 1. The van der Waals surface area contributed by atoms with Gasteiger partial charge in [0, 0.05) is 31.1 Å². The molecular weight excluding hydrogens is 350 g/mol. The summed E-state index contributed by atoms with van der Waals surface area (Å²) in [7, 11) is 1.55. The smallest absolute Gasteiger partial charge is 0.307 e. The van der Waals surface area contributed by atoms with Gasteiger partial charge in [-0.3, -0.25) is 14.4 Å². The van der Waals surface area contributed by atoms with Gasteiger partial charge in [-0.1, -0.05) is 35.1 Å². The monoisotopic (exact) mass is 367 g/mol. The van der Waals surface area contributed by atoms with Crippen LogP contribution in [0.5, 0.6) is 0 Å². The highest BCUT2D eigenvalue weighted by atomic mass is 35.5. The second-order valence-electron chi connectivity index (χ2n) is 5.32. The summed E-state index contributed by atoms with van der Waals surface area (Å²) in [5.41, 5.74) is 1.34. The van der Waals surface area contributed by atoms with Gasteiger partial charge in [0.2, 0.25) is 11.8 Å². The molecule has 0 spiro atoms. The van der Waals surface area contributed by atoms with Gasteiger partial charge in [-0.2, -0.15) is 0 Å². The number of thiazole rings is 1. The van der Waals surface area contributed by atoms with E-state index in [-0.39, 0.29) is 29.7 Å². The second kappa shape index (κ2) is 8.12. The van der Waals surface area contributed by atoms with Crippen LogP contribution >= 0.6 is 22.9 Å². The van der Waals surface area contributed by atoms with Crippen LogP contribution in [-0.2, 0) is 16.1 Å². The van der Waals surface area contributed by atoms with Crippen molar-refractivity contribution in [2.24, 2.45) is 0 Å². The van der Waals surface area contributed by atoms with Crippen LogP contribution in [0, 0.1) is 6.92 Å². The zero-order chi connectivity index (χ0) is 17.7. The molecule has 0 aliphatic rings. The number of carbonyl (C=O) groups excluding carboxylic acids is 2. The van der Waals surface area contributed by atoms with Gasteiger partial charge >= 0.3 is 4.87 Å². The Hall–Kier alpha value is -2.12. The highest BCUT2D eigenvalue weighted by Gasteiger charge is 2.14. The van der Waals surface area contributed by atoms with E-state index >= 15 is 0 Å². The molecule has 0 atom stereocenters. The molecule has 0 aliphatic carbocycles. The Bertz CT molecular complexity index is 800. The van der Waals surface area contributed by atoms with E-state index in [1.54, 1.807) is 41.3 Å². The molecule has 8 heteroatoms. The summed E-state index contributed by atoms with van der Waals surface area (Å²) >= 11 is 7.09. The molecule has 1 aromatic heterocycles. The first-order valence-corrected chi connectivity index (χ1v) is 8.57. The molecule has 2 aromatic rings. The van der Waals surface area contributed by atoms with Gasteiger partial charge < -0.3 is 14.8 Å². The zero-order valence-corrected chi connectivity index (χ0v) is 15.0. The summed E-state index contributed by atoms with van der Waals surface area (Å²) in [6.45, 7) is 2.05. The van der Waals surface area contributed by atoms with E-state index in [1.807, 2.05) is 6.92 Å². The molecule has 0 aliphatic heterocycles. The minimum Gasteiger partial charge on any atom is -0.336 e. The average Bonchev–Trinajstić information content (AvgIpc) is 2.85. The van der Waals surface area contributed by atoms with E-state index in [1.165, 1.54) is 4.90 Å². The molecule has 128 valence electrons. The van der Waals surface area contributed by atoms with Crippen LogP contribution in [0.25, 0.3) is 0 Å². The van der Waals surface area contributed by atoms with Crippen molar-refractivity contribution < 1.29 is 9.59 Å². The van der Waals surface area contributed by atoms with Gasteiger partial charge in [-0.25, -0.2) is 0 Å². The maximum Gasteiger partial charge on any atom is 0.307 e. The Kier molecular flexibility index (Phi) is 6.16. The number of hydrogen-bond acceptors (Lipinski definition) is 4. The summed E-state index contributed by atoms with van der Waals surface area (Å²) < 4.78 is 1.56. The molecule has 0 fully saturated rings. The fourth-order valence-electron chi connectivity index (χ4n) is 2.13. The van der Waals surface area contributed by atoms with Gasteiger partial charge in [0.25, 0.3) is 0 Å². The fourth-order valence-corrected chi connectivity index (χ4v) is 3.07. The van der Waals surface area contributed by atoms with E-state index < -0.39 is 0 Å². The fraction of sp³-hybridized carbons (Fsp3) is 0.312. The number of nitrogens with one attached hydrogen (secondary N) is 1. The lowest BCUT2D eigenvalue weighted by atomic mass is 10.3. The molecule has 1 N–H and O–H groups in total. The zero-order valence-electron chi connectivity index (χ0n) is 13.4. The van der Waals surface area contributed by atoms with Crippen molar-refractivity contribution >= 4 is 40.4 Å². The molecule has 24 heavy (non-hydrogen) atoms. The van der Waals surface area contributed by atoms with Crippen molar-refractivity contribution in [1.29, 1.82) is 0 Å². The van der Waals surface area contributed by atoms with Gasteiger partial charge in [0.15, 0.2) is 0 Å². The first-order valence-electron chi connectivity index (χ1n) is 7.31. The molecule has 1 heterocycles. The first kappa shape index (κ1) is 18.2. The number of rotatable bonds is 6. The molecular formula is C16H18ClN3O3S. The number of benzene rings is 1. The summed E-state index contributed by atoms with van der Waals surface area (Å²) in [5.74, 6) is -0.537. The van der Waals surface area contributed by atoms with Crippen molar-refractivity contribution in [1.82, 2.24) is 9.47 Å². The lowest BCUT2D eigenvalue weighted by Gasteiger charge is -2.17. The van der Waals surface area contributed by atoms with Gasteiger partial charge in [0.1, 0.15) is 0 Å². The third-order valence-electron chi connectivity index (χ3n) is 3.48. The Morgan fingerprint density at radius 2 is 2.04 bits per heavy atom. The highest BCUT2D eigenvalue weighted by Crippen LogP contribution is 2.20. The number of amides is 2. The third kappa shape index (κ3) is 4.69. The molecule has 2 amide bonds. The van der Waals surface area contributed by atoms with Crippen LogP contribution < -0.4 is 10.2 Å². The number of anilines is 1. The second-order valence-corrected chi connectivity index (χ2v) is 6.55. The topological polar surface area (TPSA) is 71.4 Å². The minimum absolute atomic E-state index is 0.0818. The van der Waals surface area contributed by atoms with E-state index in [4.69, 9.17) is 11.6 Å². The number of aromatic nitrogens is 1. The maximum absolute atomic E-state index is 12.1. The number of likely N-dealkylation sites (N-methyl/N-ethyl adjacent to an activating group) is 1. The Balaban J connectivity index is 1.86. The normalized spacial score (nSPS) is 10.5. The van der Waals surface area contributed by atoms with Crippen molar-refractivity contribution in [3.05, 3.63) is 50.0 Å². The first-order chi connectivity index (χ1) is 11.4. The highest BCUT2D eigenvalue weighted by molar-refractivity contribution is 7.07. The van der Waals surface area contributed by atoms with Crippen molar-refractivity contribution in [2.45, 2.75) is 19.9 Å². The van der Waals surface area contributed by atoms with E-state index in [9.17, 15) is 14.4 Å². The van der Waals surface area contributed by atoms with Gasteiger partial charge in [-0.15, -0.1) is 0 Å². The Morgan fingerprint density at radius 3 is 2.67 bits per heavy atom. The molecule has 0 radical (unpaired) electrons. The number of para-hydroxylation sites is 1. The van der Waals surface area contributed by atoms with Crippen LogP contribution in [0.15, 0.2) is 34.4 Å². The van der Waals surface area contributed by atoms with Crippen LogP contribution in [-0.4, -0.2) is 34.9 Å². The van der Waals surface area contributed by atoms with Crippen LogP contribution in [0.4, 0.5) is 5.69 Å². The predicted molar refractivity (Wildman–Crippen MR) is 95.7 cm³/mol. The van der Waals surface area contributed by atoms with E-state index in [2.05, 4.69) is 5.32 Å². The third-order valence-corrected chi connectivity index (χ3v) is 4.69. The lowest BCUT2D eigenvalue weighted by Crippen LogP contribution is -2.35. The summed E-state index contributed by atoms with van der Waals surface area (Å²) in [5, 5.41) is 4.86. The largest absolute Gasteiger partial charge is 0.336 e. The summed E-state index contributed by atoms with van der Waals surface area (Å²) in [6.07, 6.45) is 0.160. The number of hydrogen-bond donors (Lipinski definition) is 1. The number of aryl methyl sites for hydroxylation is 1. The summed E-state index contributed by atoms with van der Waals surface area (Å²) in [4.78, 5) is 37.0. The molecule has 1 aromatic carbocycles. The minimum atomic E-state index is -0.331. The Morgan fingerprint density at radius 1 is 1.33 bits per heavy atom. The molecule has 0 unspecified atom stereocenters. The van der Waals surface area contributed by atoms with Crippen LogP contribution in [0.3, 0.4) is 0 Å². The molecule has 6 nitrogen and oxygen atoms in total. The van der Waals surface area contributed by atoms with Crippen molar-refractivity contribution in [2.75, 3.05) is 18.9 Å². The van der Waals surface area contributed by atoms with Gasteiger partial charge in [0.05, 0.1) is 17.3 Å². The van der Waals surface area contributed by atoms with Crippen molar-refractivity contribution in [3.63, 3.8) is 0 Å². The quantitative estimate of drug-likeness (QED) is 0.851. The summed E-state index contributed by atoms with van der Waals surface area (Å²) in [6, 6.07) is 6.89. The van der Waals surface area contributed by atoms with Crippen LogP contribution in [0.1, 0.15) is 12.1 Å². The molecule has 2 rings (SSSR count). The predicted octanol–water partition coefficient (Wildman–Crippen LogP) is 2.36. The van der Waals surface area contributed by atoms with Crippen molar-refractivity contribution in [3.8, 4) is 0 Å². The molecule has 0 bridgehead atoms. The van der Waals surface area contributed by atoms with Gasteiger partial charge in [-0.05, 0) is 19.1 Å². The van der Waals surface area contributed by atoms with Crippen LogP contribution in [0.2, 0.25) is 5.02 Å².